The average Bonchev–Trinajstić information content (AvgIpc) is 2.92. The summed E-state index contributed by atoms with van der Waals surface area (Å²) in [5, 5.41) is 9.20. The van der Waals surface area contributed by atoms with E-state index in [9.17, 15) is 23.2 Å². The zero-order valence-corrected chi connectivity index (χ0v) is 24.4. The number of carbonyl (C=O) groups excluding carboxylic acids is 3. The fourth-order valence-corrected chi connectivity index (χ4v) is 4.64. The number of halogens is 2. The van der Waals surface area contributed by atoms with Crippen LogP contribution in [0.1, 0.15) is 44.7 Å². The van der Waals surface area contributed by atoms with Crippen molar-refractivity contribution in [3.8, 4) is 0 Å². The van der Waals surface area contributed by atoms with Crippen LogP contribution in [-0.2, 0) is 27.3 Å². The fourth-order valence-electron chi connectivity index (χ4n) is 4.64. The van der Waals surface area contributed by atoms with Crippen LogP contribution in [0.5, 0.6) is 0 Å². The molecular formula is C31H36F2N6O4. The van der Waals surface area contributed by atoms with E-state index in [1.54, 1.807) is 35.2 Å². The van der Waals surface area contributed by atoms with E-state index in [0.29, 0.717) is 59.9 Å². The van der Waals surface area contributed by atoms with E-state index in [2.05, 4.69) is 20.9 Å². The van der Waals surface area contributed by atoms with Gasteiger partial charge in [0.2, 0.25) is 11.8 Å². The summed E-state index contributed by atoms with van der Waals surface area (Å²) < 4.78 is 32.6. The van der Waals surface area contributed by atoms with Gasteiger partial charge < -0.3 is 31.3 Å². The predicted octanol–water partition coefficient (Wildman–Crippen LogP) is 5.33. The molecule has 1 saturated heterocycles. The molecule has 10 nitrogen and oxygen atoms in total. The van der Waals surface area contributed by atoms with Gasteiger partial charge >= 0.3 is 6.09 Å². The van der Waals surface area contributed by atoms with Crippen molar-refractivity contribution >= 4 is 40.8 Å². The van der Waals surface area contributed by atoms with Crippen molar-refractivity contribution in [1.82, 2.24) is 9.88 Å². The SMILES string of the molecule is CC(C)(C)OC(=O)N1CCC(C(=O)Nc2ccc(Nc3cc(NCc4cc(F)cc(F)c4)c(CC(N)=O)cn3)cc2)CC1. The molecule has 0 radical (unpaired) electrons. The highest BCUT2D eigenvalue weighted by Crippen LogP contribution is 2.25. The van der Waals surface area contributed by atoms with Gasteiger partial charge in [-0.25, -0.2) is 18.6 Å². The van der Waals surface area contributed by atoms with Gasteiger partial charge in [-0.2, -0.15) is 0 Å². The van der Waals surface area contributed by atoms with Gasteiger partial charge in [-0.3, -0.25) is 9.59 Å². The third-order valence-electron chi connectivity index (χ3n) is 6.70. The fraction of sp³-hybridized carbons (Fsp3) is 0.355. The highest BCUT2D eigenvalue weighted by molar-refractivity contribution is 5.93. The van der Waals surface area contributed by atoms with Crippen molar-refractivity contribution in [3.05, 3.63) is 77.5 Å². The number of hydrogen-bond acceptors (Lipinski definition) is 7. The number of ether oxygens (including phenoxy) is 1. The van der Waals surface area contributed by atoms with E-state index in [-0.39, 0.29) is 30.9 Å². The molecule has 0 bridgehead atoms. The predicted molar refractivity (Wildman–Crippen MR) is 160 cm³/mol. The van der Waals surface area contributed by atoms with Gasteiger partial charge in [0, 0.05) is 66.5 Å². The molecule has 3 amide bonds. The molecule has 5 N–H and O–H groups in total. The van der Waals surface area contributed by atoms with E-state index in [4.69, 9.17) is 10.5 Å². The Morgan fingerprint density at radius 3 is 2.23 bits per heavy atom. The first kappa shape index (κ1) is 31.2. The second-order valence-corrected chi connectivity index (χ2v) is 11.4. The number of rotatable bonds is 9. The Kier molecular flexibility index (Phi) is 9.79. The lowest BCUT2D eigenvalue weighted by Crippen LogP contribution is -2.43. The Hall–Kier alpha value is -4.74. The Morgan fingerprint density at radius 1 is 1.00 bits per heavy atom. The van der Waals surface area contributed by atoms with Crippen molar-refractivity contribution < 1.29 is 27.9 Å². The minimum Gasteiger partial charge on any atom is -0.444 e. The maximum Gasteiger partial charge on any atom is 0.410 e. The quantitative estimate of drug-likeness (QED) is 0.263. The van der Waals surface area contributed by atoms with E-state index in [1.165, 1.54) is 18.3 Å². The standard InChI is InChI=1S/C31H36F2N6O4/c1-31(2,3)43-30(42)39-10-8-20(9-11-39)29(41)38-25-6-4-24(5-7-25)37-28-16-26(21(18-36-28)14-27(34)40)35-17-19-12-22(32)15-23(33)13-19/h4-7,12-13,15-16,18,20H,8-11,14,17H2,1-3H3,(H2,34,40)(H,38,41)(H2,35,36,37). The number of nitrogens with one attached hydrogen (secondary N) is 3. The summed E-state index contributed by atoms with van der Waals surface area (Å²) in [6.07, 6.45) is 2.17. The molecule has 1 aliphatic rings. The van der Waals surface area contributed by atoms with Crippen LogP contribution in [0.15, 0.2) is 54.7 Å². The molecule has 1 aromatic heterocycles. The average molecular weight is 595 g/mol. The smallest absolute Gasteiger partial charge is 0.410 e. The van der Waals surface area contributed by atoms with Crippen LogP contribution in [0.25, 0.3) is 0 Å². The van der Waals surface area contributed by atoms with Crippen molar-refractivity contribution in [2.24, 2.45) is 11.7 Å². The Morgan fingerprint density at radius 2 is 1.63 bits per heavy atom. The Bertz CT molecular complexity index is 1450. The van der Waals surface area contributed by atoms with Crippen LogP contribution in [0.2, 0.25) is 0 Å². The summed E-state index contributed by atoms with van der Waals surface area (Å²) in [5.74, 6) is -1.79. The lowest BCUT2D eigenvalue weighted by molar-refractivity contribution is -0.121. The van der Waals surface area contributed by atoms with Crippen LogP contribution in [0, 0.1) is 17.6 Å². The normalized spacial score (nSPS) is 13.7. The largest absolute Gasteiger partial charge is 0.444 e. The van der Waals surface area contributed by atoms with Gasteiger partial charge in [0.05, 0.1) is 6.42 Å². The number of nitrogens with two attached hydrogens (primary N) is 1. The summed E-state index contributed by atoms with van der Waals surface area (Å²) in [4.78, 5) is 42.7. The third-order valence-corrected chi connectivity index (χ3v) is 6.70. The van der Waals surface area contributed by atoms with E-state index in [0.717, 1.165) is 6.07 Å². The number of aromatic nitrogens is 1. The van der Waals surface area contributed by atoms with Crippen molar-refractivity contribution in [2.45, 2.75) is 52.2 Å². The second kappa shape index (κ2) is 13.5. The third kappa shape index (κ3) is 9.38. The number of likely N-dealkylation sites (tertiary alicyclic amines) is 1. The zero-order valence-electron chi connectivity index (χ0n) is 24.4. The van der Waals surface area contributed by atoms with Crippen molar-refractivity contribution in [2.75, 3.05) is 29.0 Å². The number of carbonyl (C=O) groups is 3. The van der Waals surface area contributed by atoms with Crippen LogP contribution < -0.4 is 21.7 Å². The molecule has 1 aliphatic heterocycles. The van der Waals surface area contributed by atoms with Gasteiger partial charge in [-0.1, -0.05) is 0 Å². The maximum absolute atomic E-state index is 13.6. The summed E-state index contributed by atoms with van der Waals surface area (Å²) in [6.45, 7) is 6.48. The number of primary amides is 1. The van der Waals surface area contributed by atoms with Crippen LogP contribution in [0.3, 0.4) is 0 Å². The summed E-state index contributed by atoms with van der Waals surface area (Å²) in [5.41, 5.74) is 7.58. The van der Waals surface area contributed by atoms with Gasteiger partial charge in [0.1, 0.15) is 23.1 Å². The molecule has 2 aromatic carbocycles. The molecule has 12 heteroatoms. The Labute approximate surface area is 249 Å². The number of amides is 3. The van der Waals surface area contributed by atoms with Gasteiger partial charge in [0.25, 0.3) is 0 Å². The van der Waals surface area contributed by atoms with Crippen LogP contribution >= 0.6 is 0 Å². The molecule has 1 fully saturated rings. The molecule has 0 unspecified atom stereocenters. The highest BCUT2D eigenvalue weighted by Gasteiger charge is 2.30. The molecular weight excluding hydrogens is 558 g/mol. The molecule has 3 aromatic rings. The van der Waals surface area contributed by atoms with Crippen molar-refractivity contribution in [3.63, 3.8) is 0 Å². The lowest BCUT2D eigenvalue weighted by Gasteiger charge is -2.32. The summed E-state index contributed by atoms with van der Waals surface area (Å²) in [7, 11) is 0. The highest BCUT2D eigenvalue weighted by atomic mass is 19.1. The number of hydrogen-bond donors (Lipinski definition) is 4. The van der Waals surface area contributed by atoms with Gasteiger partial charge in [0.15, 0.2) is 0 Å². The zero-order chi connectivity index (χ0) is 31.1. The van der Waals surface area contributed by atoms with Crippen LogP contribution in [-0.4, -0.2) is 46.5 Å². The molecule has 0 spiro atoms. The molecule has 0 atom stereocenters. The van der Waals surface area contributed by atoms with Crippen molar-refractivity contribution in [1.29, 1.82) is 0 Å². The molecule has 4 rings (SSSR count). The first-order chi connectivity index (χ1) is 20.3. The molecule has 0 saturated carbocycles. The van der Waals surface area contributed by atoms with E-state index in [1.807, 2.05) is 20.8 Å². The Balaban J connectivity index is 1.34. The first-order valence-corrected chi connectivity index (χ1v) is 14.0. The minimum atomic E-state index is -0.686. The van der Waals surface area contributed by atoms with Gasteiger partial charge in [-0.15, -0.1) is 0 Å². The van der Waals surface area contributed by atoms with Crippen LogP contribution in [0.4, 0.5) is 36.5 Å². The second-order valence-electron chi connectivity index (χ2n) is 11.4. The number of anilines is 4. The number of piperidine rings is 1. The summed E-state index contributed by atoms with van der Waals surface area (Å²) >= 11 is 0. The van der Waals surface area contributed by atoms with E-state index >= 15 is 0 Å². The van der Waals surface area contributed by atoms with E-state index < -0.39 is 23.1 Å². The lowest BCUT2D eigenvalue weighted by atomic mass is 9.96. The topological polar surface area (TPSA) is 139 Å². The molecule has 43 heavy (non-hydrogen) atoms. The molecule has 2 heterocycles. The molecule has 0 aliphatic carbocycles. The van der Waals surface area contributed by atoms with Gasteiger partial charge in [-0.05, 0) is 75.6 Å². The maximum atomic E-state index is 13.6. The minimum absolute atomic E-state index is 0.0679. The number of benzene rings is 2. The monoisotopic (exact) mass is 594 g/mol. The molecule has 228 valence electrons. The number of nitrogens with zero attached hydrogens (tertiary/aromatic N) is 2. The summed E-state index contributed by atoms with van der Waals surface area (Å²) in [6, 6.07) is 12.0. The number of pyridine rings is 1. The first-order valence-electron chi connectivity index (χ1n) is 14.0.